The molecule has 3 rings (SSSR count). The van der Waals surface area contributed by atoms with Gasteiger partial charge in [-0.1, -0.05) is 16.8 Å². The molecule has 0 aliphatic rings. The van der Waals surface area contributed by atoms with Crippen LogP contribution in [0.4, 0.5) is 0 Å². The van der Waals surface area contributed by atoms with Crippen LogP contribution in [0.3, 0.4) is 0 Å². The van der Waals surface area contributed by atoms with E-state index in [1.807, 2.05) is 26.0 Å². The van der Waals surface area contributed by atoms with Gasteiger partial charge in [0, 0.05) is 0 Å². The highest BCUT2D eigenvalue weighted by Crippen LogP contribution is 2.30. The Morgan fingerprint density at radius 2 is 2.00 bits per heavy atom. The lowest BCUT2D eigenvalue weighted by Crippen LogP contribution is -1.83. The Hall–Kier alpha value is -2.56. The second-order valence-corrected chi connectivity index (χ2v) is 4.38. The van der Waals surface area contributed by atoms with Crippen LogP contribution in [0.1, 0.15) is 11.1 Å². The van der Waals surface area contributed by atoms with Crippen LogP contribution in [-0.4, -0.2) is 15.2 Å². The number of benzene rings is 1. The lowest BCUT2D eigenvalue weighted by atomic mass is 10.1. The lowest BCUT2D eigenvalue weighted by Gasteiger charge is -1.99. The van der Waals surface area contributed by atoms with Crippen LogP contribution >= 0.6 is 0 Å². The van der Waals surface area contributed by atoms with Crippen LogP contribution in [0.15, 0.2) is 39.5 Å². The van der Waals surface area contributed by atoms with Gasteiger partial charge in [-0.25, -0.2) is 0 Å². The standard InChI is InChI=1S/C14H12N2O3/c1-8-3-4-11(17)10(7-8)14-15-13(16-19-14)12-9(2)5-6-18-12/h3-7,17H,1-2H3. The molecule has 5 heteroatoms. The third-order valence-electron chi connectivity index (χ3n) is 2.87. The first-order valence-corrected chi connectivity index (χ1v) is 5.83. The van der Waals surface area contributed by atoms with Crippen molar-refractivity contribution >= 4 is 0 Å². The predicted molar refractivity (Wildman–Crippen MR) is 68.6 cm³/mol. The van der Waals surface area contributed by atoms with E-state index in [-0.39, 0.29) is 11.6 Å². The minimum atomic E-state index is 0.108. The van der Waals surface area contributed by atoms with E-state index < -0.39 is 0 Å². The number of aryl methyl sites for hydroxylation is 2. The molecular weight excluding hydrogens is 244 g/mol. The average Bonchev–Trinajstić information content (AvgIpc) is 3.00. The van der Waals surface area contributed by atoms with Crippen molar-refractivity contribution in [3.05, 3.63) is 41.7 Å². The fourth-order valence-corrected chi connectivity index (χ4v) is 1.85. The Balaban J connectivity index is 2.06. The van der Waals surface area contributed by atoms with E-state index in [0.29, 0.717) is 17.1 Å². The van der Waals surface area contributed by atoms with Crippen LogP contribution in [0.25, 0.3) is 23.0 Å². The SMILES string of the molecule is Cc1ccc(O)c(-c2nc(-c3occc3C)no2)c1. The Bertz CT molecular complexity index is 728. The maximum Gasteiger partial charge on any atom is 0.262 e. The number of aromatic nitrogens is 2. The van der Waals surface area contributed by atoms with Gasteiger partial charge in [0.25, 0.3) is 5.89 Å². The molecule has 0 amide bonds. The summed E-state index contributed by atoms with van der Waals surface area (Å²) in [5.41, 5.74) is 2.45. The molecular formula is C14H12N2O3. The zero-order chi connectivity index (χ0) is 13.4. The summed E-state index contributed by atoms with van der Waals surface area (Å²) in [4.78, 5) is 4.25. The van der Waals surface area contributed by atoms with Gasteiger partial charge in [-0.05, 0) is 37.6 Å². The summed E-state index contributed by atoms with van der Waals surface area (Å²) in [7, 11) is 0. The normalized spacial score (nSPS) is 10.8. The molecule has 0 aliphatic carbocycles. The Kier molecular flexibility index (Phi) is 2.59. The predicted octanol–water partition coefficient (Wildman–Crippen LogP) is 3.32. The van der Waals surface area contributed by atoms with Crippen LogP contribution in [-0.2, 0) is 0 Å². The molecule has 0 aliphatic heterocycles. The Labute approximate surface area is 109 Å². The van der Waals surface area contributed by atoms with Gasteiger partial charge in [-0.2, -0.15) is 4.98 Å². The quantitative estimate of drug-likeness (QED) is 0.761. The van der Waals surface area contributed by atoms with Crippen molar-refractivity contribution in [2.45, 2.75) is 13.8 Å². The molecule has 0 atom stereocenters. The van der Waals surface area contributed by atoms with Crippen molar-refractivity contribution in [1.82, 2.24) is 10.1 Å². The first kappa shape index (κ1) is 11.5. The third kappa shape index (κ3) is 1.99. The molecule has 5 nitrogen and oxygen atoms in total. The van der Waals surface area contributed by atoms with E-state index >= 15 is 0 Å². The van der Waals surface area contributed by atoms with Gasteiger partial charge in [0.2, 0.25) is 5.82 Å². The molecule has 2 heterocycles. The van der Waals surface area contributed by atoms with Crippen molar-refractivity contribution in [2.75, 3.05) is 0 Å². The Morgan fingerprint density at radius 1 is 1.16 bits per heavy atom. The van der Waals surface area contributed by atoms with Gasteiger partial charge in [0.05, 0.1) is 11.8 Å². The van der Waals surface area contributed by atoms with Gasteiger partial charge in [0.15, 0.2) is 5.76 Å². The molecule has 0 bridgehead atoms. The second kappa shape index (κ2) is 4.28. The molecule has 3 aromatic rings. The lowest BCUT2D eigenvalue weighted by molar-refractivity contribution is 0.423. The van der Waals surface area contributed by atoms with Crippen molar-refractivity contribution < 1.29 is 14.0 Å². The topological polar surface area (TPSA) is 72.3 Å². The highest BCUT2D eigenvalue weighted by molar-refractivity contribution is 5.65. The summed E-state index contributed by atoms with van der Waals surface area (Å²) in [5, 5.41) is 13.7. The number of phenols is 1. The maximum absolute atomic E-state index is 9.83. The van der Waals surface area contributed by atoms with Crippen molar-refractivity contribution in [2.24, 2.45) is 0 Å². The number of rotatable bonds is 2. The molecule has 0 fully saturated rings. The molecule has 2 aromatic heterocycles. The van der Waals surface area contributed by atoms with Crippen molar-refractivity contribution in [3.63, 3.8) is 0 Å². The van der Waals surface area contributed by atoms with Crippen molar-refractivity contribution in [1.29, 1.82) is 0 Å². The molecule has 96 valence electrons. The summed E-state index contributed by atoms with van der Waals surface area (Å²) in [6, 6.07) is 7.04. The minimum absolute atomic E-state index is 0.108. The van der Waals surface area contributed by atoms with Crippen LogP contribution in [0.2, 0.25) is 0 Å². The number of hydrogen-bond donors (Lipinski definition) is 1. The fraction of sp³-hybridized carbons (Fsp3) is 0.143. The molecule has 0 spiro atoms. The largest absolute Gasteiger partial charge is 0.507 e. The first-order valence-electron chi connectivity index (χ1n) is 5.83. The van der Waals surface area contributed by atoms with Crippen LogP contribution in [0, 0.1) is 13.8 Å². The van der Waals surface area contributed by atoms with E-state index in [1.54, 1.807) is 18.4 Å². The summed E-state index contributed by atoms with van der Waals surface area (Å²) in [6.07, 6.45) is 1.57. The molecule has 0 radical (unpaired) electrons. The van der Waals surface area contributed by atoms with Gasteiger partial charge >= 0.3 is 0 Å². The van der Waals surface area contributed by atoms with Gasteiger partial charge in [0.1, 0.15) is 5.75 Å². The third-order valence-corrected chi connectivity index (χ3v) is 2.87. The zero-order valence-corrected chi connectivity index (χ0v) is 10.5. The molecule has 1 aromatic carbocycles. The highest BCUT2D eigenvalue weighted by Gasteiger charge is 2.17. The average molecular weight is 256 g/mol. The van der Waals surface area contributed by atoms with Crippen LogP contribution < -0.4 is 0 Å². The smallest absolute Gasteiger partial charge is 0.262 e. The molecule has 19 heavy (non-hydrogen) atoms. The number of phenolic OH excluding ortho intramolecular Hbond substituents is 1. The summed E-state index contributed by atoms with van der Waals surface area (Å²) in [6.45, 7) is 3.83. The summed E-state index contributed by atoms with van der Waals surface area (Å²) in [5.74, 6) is 1.32. The number of nitrogens with zero attached hydrogens (tertiary/aromatic N) is 2. The maximum atomic E-state index is 9.83. The number of furan rings is 1. The Morgan fingerprint density at radius 3 is 2.74 bits per heavy atom. The summed E-state index contributed by atoms with van der Waals surface area (Å²) < 4.78 is 10.5. The minimum Gasteiger partial charge on any atom is -0.507 e. The summed E-state index contributed by atoms with van der Waals surface area (Å²) >= 11 is 0. The van der Waals surface area contributed by atoms with E-state index in [9.17, 15) is 5.11 Å². The molecule has 0 saturated carbocycles. The fourth-order valence-electron chi connectivity index (χ4n) is 1.85. The van der Waals surface area contributed by atoms with Gasteiger partial charge in [-0.15, -0.1) is 0 Å². The molecule has 1 N–H and O–H groups in total. The van der Waals surface area contributed by atoms with Crippen LogP contribution in [0.5, 0.6) is 5.75 Å². The van der Waals surface area contributed by atoms with Gasteiger partial charge in [-0.3, -0.25) is 0 Å². The van der Waals surface area contributed by atoms with E-state index in [2.05, 4.69) is 10.1 Å². The van der Waals surface area contributed by atoms with Crippen molar-refractivity contribution in [3.8, 4) is 28.8 Å². The van der Waals surface area contributed by atoms with E-state index in [4.69, 9.17) is 8.94 Å². The first-order chi connectivity index (χ1) is 9.15. The monoisotopic (exact) mass is 256 g/mol. The number of aromatic hydroxyl groups is 1. The zero-order valence-electron chi connectivity index (χ0n) is 10.5. The molecule has 0 unspecified atom stereocenters. The van der Waals surface area contributed by atoms with E-state index in [1.165, 1.54) is 0 Å². The second-order valence-electron chi connectivity index (χ2n) is 4.38. The van der Waals surface area contributed by atoms with E-state index in [0.717, 1.165) is 11.1 Å². The molecule has 0 saturated heterocycles. The highest BCUT2D eigenvalue weighted by atomic mass is 16.5. The number of hydrogen-bond acceptors (Lipinski definition) is 5. The van der Waals surface area contributed by atoms with Gasteiger partial charge < -0.3 is 14.0 Å².